The number of carbonyl (C=O) groups excluding carboxylic acids is 1. The SMILES string of the molecule is Cc1ccc2c(c1)N(S(C)(=O)=O)CC[C@@H](C(=O)Nc1ccccc1Br)O2. The Balaban J connectivity index is 1.89. The van der Waals surface area contributed by atoms with E-state index < -0.39 is 16.1 Å². The fourth-order valence-corrected chi connectivity index (χ4v) is 4.11. The van der Waals surface area contributed by atoms with Crippen molar-refractivity contribution in [3.05, 3.63) is 52.5 Å². The lowest BCUT2D eigenvalue weighted by Crippen LogP contribution is -2.36. The first-order valence-electron chi connectivity index (χ1n) is 8.06. The molecular weight excluding hydrogens is 420 g/mol. The highest BCUT2D eigenvalue weighted by molar-refractivity contribution is 9.10. The minimum absolute atomic E-state index is 0.170. The van der Waals surface area contributed by atoms with Gasteiger partial charge in [-0.1, -0.05) is 18.2 Å². The van der Waals surface area contributed by atoms with Gasteiger partial charge in [-0.15, -0.1) is 0 Å². The van der Waals surface area contributed by atoms with Gasteiger partial charge in [0.15, 0.2) is 6.10 Å². The molecule has 2 aromatic carbocycles. The molecule has 0 fully saturated rings. The van der Waals surface area contributed by atoms with Crippen LogP contribution in [0.5, 0.6) is 5.75 Å². The van der Waals surface area contributed by atoms with Gasteiger partial charge < -0.3 is 10.1 Å². The molecule has 1 amide bonds. The van der Waals surface area contributed by atoms with Gasteiger partial charge in [-0.2, -0.15) is 0 Å². The lowest BCUT2D eigenvalue weighted by atomic mass is 10.2. The first-order chi connectivity index (χ1) is 12.3. The summed E-state index contributed by atoms with van der Waals surface area (Å²) in [6, 6.07) is 12.6. The van der Waals surface area contributed by atoms with Crippen LogP contribution in [0.1, 0.15) is 12.0 Å². The number of hydrogen-bond donors (Lipinski definition) is 1. The number of rotatable bonds is 3. The van der Waals surface area contributed by atoms with Crippen LogP contribution in [0, 0.1) is 6.92 Å². The van der Waals surface area contributed by atoms with Gasteiger partial charge in [-0.3, -0.25) is 9.10 Å². The van der Waals surface area contributed by atoms with Crippen molar-refractivity contribution >= 4 is 43.2 Å². The van der Waals surface area contributed by atoms with E-state index in [-0.39, 0.29) is 18.9 Å². The predicted molar refractivity (Wildman–Crippen MR) is 105 cm³/mol. The molecular formula is C18H19BrN2O4S. The first kappa shape index (κ1) is 18.7. The fraction of sp³-hybridized carbons (Fsp3) is 0.278. The highest BCUT2D eigenvalue weighted by atomic mass is 79.9. The number of benzene rings is 2. The van der Waals surface area contributed by atoms with Crippen LogP contribution in [0.3, 0.4) is 0 Å². The van der Waals surface area contributed by atoms with Crippen LogP contribution in [-0.4, -0.2) is 33.2 Å². The second-order valence-corrected chi connectivity index (χ2v) is 8.93. The van der Waals surface area contributed by atoms with E-state index in [1.54, 1.807) is 18.2 Å². The maximum Gasteiger partial charge on any atom is 0.265 e. The lowest BCUT2D eigenvalue weighted by molar-refractivity contribution is -0.122. The van der Waals surface area contributed by atoms with Gasteiger partial charge in [0.2, 0.25) is 10.0 Å². The average molecular weight is 439 g/mol. The monoisotopic (exact) mass is 438 g/mol. The number of ether oxygens (including phenoxy) is 1. The van der Waals surface area contributed by atoms with Crippen molar-refractivity contribution in [1.29, 1.82) is 0 Å². The molecule has 1 atom stereocenters. The van der Waals surface area contributed by atoms with E-state index in [0.29, 0.717) is 17.1 Å². The Morgan fingerprint density at radius 1 is 1.27 bits per heavy atom. The molecule has 2 aromatic rings. The molecule has 0 radical (unpaired) electrons. The van der Waals surface area contributed by atoms with Crippen LogP contribution in [0.4, 0.5) is 11.4 Å². The maximum atomic E-state index is 12.7. The Hall–Kier alpha value is -2.06. The number of anilines is 2. The van der Waals surface area contributed by atoms with E-state index >= 15 is 0 Å². The highest BCUT2D eigenvalue weighted by Gasteiger charge is 2.31. The Labute approximate surface area is 161 Å². The van der Waals surface area contributed by atoms with Crippen molar-refractivity contribution in [2.24, 2.45) is 0 Å². The van der Waals surface area contributed by atoms with Crippen molar-refractivity contribution in [1.82, 2.24) is 0 Å². The zero-order valence-electron chi connectivity index (χ0n) is 14.4. The van der Waals surface area contributed by atoms with Crippen molar-refractivity contribution in [2.45, 2.75) is 19.4 Å². The summed E-state index contributed by atoms with van der Waals surface area (Å²) in [6.07, 6.45) is 0.604. The number of nitrogens with zero attached hydrogens (tertiary/aromatic N) is 1. The number of halogens is 1. The molecule has 8 heteroatoms. The smallest absolute Gasteiger partial charge is 0.265 e. The van der Waals surface area contributed by atoms with E-state index in [2.05, 4.69) is 21.2 Å². The van der Waals surface area contributed by atoms with Gasteiger partial charge >= 0.3 is 0 Å². The minimum Gasteiger partial charge on any atom is -0.478 e. The van der Waals surface area contributed by atoms with Crippen LogP contribution < -0.4 is 14.4 Å². The van der Waals surface area contributed by atoms with Crippen LogP contribution in [0.2, 0.25) is 0 Å². The summed E-state index contributed by atoms with van der Waals surface area (Å²) in [4.78, 5) is 12.7. The number of amides is 1. The Morgan fingerprint density at radius 3 is 2.69 bits per heavy atom. The number of carbonyl (C=O) groups is 1. The number of aryl methyl sites for hydroxylation is 1. The summed E-state index contributed by atoms with van der Waals surface area (Å²) in [5.74, 6) is 0.0598. The first-order valence-corrected chi connectivity index (χ1v) is 10.7. The van der Waals surface area contributed by atoms with Crippen LogP contribution in [-0.2, 0) is 14.8 Å². The van der Waals surface area contributed by atoms with E-state index in [4.69, 9.17) is 4.74 Å². The predicted octanol–water partition coefficient (Wildman–Crippen LogP) is 3.31. The van der Waals surface area contributed by atoms with Crippen molar-refractivity contribution in [2.75, 3.05) is 22.4 Å². The third-order valence-electron chi connectivity index (χ3n) is 4.07. The summed E-state index contributed by atoms with van der Waals surface area (Å²) < 4.78 is 32.3. The average Bonchev–Trinajstić information content (AvgIpc) is 2.76. The molecule has 0 bridgehead atoms. The number of sulfonamides is 1. The Morgan fingerprint density at radius 2 is 2.00 bits per heavy atom. The van der Waals surface area contributed by atoms with Crippen LogP contribution >= 0.6 is 15.9 Å². The zero-order valence-corrected chi connectivity index (χ0v) is 16.8. The fourth-order valence-electron chi connectivity index (χ4n) is 2.79. The molecule has 26 heavy (non-hydrogen) atoms. The molecule has 0 saturated carbocycles. The summed E-state index contributed by atoms with van der Waals surface area (Å²) >= 11 is 3.39. The summed E-state index contributed by atoms with van der Waals surface area (Å²) in [7, 11) is -3.48. The van der Waals surface area contributed by atoms with Crippen molar-refractivity contribution < 1.29 is 17.9 Å². The second-order valence-electron chi connectivity index (χ2n) is 6.17. The van der Waals surface area contributed by atoms with E-state index in [1.165, 1.54) is 4.31 Å². The van der Waals surface area contributed by atoms with Crippen LogP contribution in [0.15, 0.2) is 46.9 Å². The van der Waals surface area contributed by atoms with Crippen LogP contribution in [0.25, 0.3) is 0 Å². The quantitative estimate of drug-likeness (QED) is 0.797. The largest absolute Gasteiger partial charge is 0.478 e. The Bertz CT molecular complexity index is 946. The van der Waals surface area contributed by atoms with E-state index in [9.17, 15) is 13.2 Å². The third-order valence-corrected chi connectivity index (χ3v) is 5.94. The molecule has 1 aliphatic rings. The third kappa shape index (κ3) is 4.02. The lowest BCUT2D eigenvalue weighted by Gasteiger charge is -2.21. The maximum absolute atomic E-state index is 12.7. The molecule has 0 saturated heterocycles. The molecule has 0 aromatic heterocycles. The molecule has 0 aliphatic carbocycles. The normalized spacial score (nSPS) is 17.0. The number of nitrogens with one attached hydrogen (secondary N) is 1. The summed E-state index contributed by atoms with van der Waals surface area (Å²) in [6.45, 7) is 2.05. The van der Waals surface area contributed by atoms with Crippen molar-refractivity contribution in [3.63, 3.8) is 0 Å². The minimum atomic E-state index is -3.48. The molecule has 1 N–H and O–H groups in total. The highest BCUT2D eigenvalue weighted by Crippen LogP contribution is 2.35. The molecule has 0 spiro atoms. The van der Waals surface area contributed by atoms with Gasteiger partial charge in [-0.25, -0.2) is 8.42 Å². The second kappa shape index (κ2) is 7.28. The molecule has 1 heterocycles. The van der Waals surface area contributed by atoms with Gasteiger partial charge in [0.1, 0.15) is 5.75 Å². The molecule has 1 aliphatic heterocycles. The molecule has 6 nitrogen and oxygen atoms in total. The molecule has 138 valence electrons. The summed E-state index contributed by atoms with van der Waals surface area (Å²) in [5, 5.41) is 2.82. The number of fused-ring (bicyclic) bond motifs is 1. The van der Waals surface area contributed by atoms with E-state index in [0.717, 1.165) is 16.3 Å². The van der Waals surface area contributed by atoms with Gasteiger partial charge in [0.25, 0.3) is 5.91 Å². The zero-order chi connectivity index (χ0) is 18.9. The van der Waals surface area contributed by atoms with Gasteiger partial charge in [0, 0.05) is 17.4 Å². The van der Waals surface area contributed by atoms with E-state index in [1.807, 2.05) is 31.2 Å². The number of para-hydroxylation sites is 1. The van der Waals surface area contributed by atoms with Gasteiger partial charge in [-0.05, 0) is 52.7 Å². The standard InChI is InChI=1S/C18H19BrN2O4S/c1-12-7-8-16-15(11-12)21(26(2,23)24)10-9-17(25-16)18(22)20-14-6-4-3-5-13(14)19/h3-8,11,17H,9-10H2,1-2H3,(H,20,22)/t17-/m0/s1. The molecule has 3 rings (SSSR count). The molecule has 0 unspecified atom stereocenters. The Kier molecular flexibility index (Phi) is 5.24. The van der Waals surface area contributed by atoms with Gasteiger partial charge in [0.05, 0.1) is 17.6 Å². The summed E-state index contributed by atoms with van der Waals surface area (Å²) in [5.41, 5.74) is 2.01. The van der Waals surface area contributed by atoms with Crippen molar-refractivity contribution in [3.8, 4) is 5.75 Å². The topological polar surface area (TPSA) is 75.7 Å². The number of hydrogen-bond acceptors (Lipinski definition) is 4.